The Morgan fingerprint density at radius 3 is 2.33 bits per heavy atom. The highest BCUT2D eigenvalue weighted by Crippen LogP contribution is 2.32. The number of nitrogens with one attached hydrogen (secondary N) is 1. The van der Waals surface area contributed by atoms with Crippen molar-refractivity contribution < 1.29 is 24.6 Å². The smallest absolute Gasteiger partial charge is 0.290 e. The summed E-state index contributed by atoms with van der Waals surface area (Å²) in [6.07, 6.45) is 3.85. The molecule has 0 aromatic carbocycles. The van der Waals surface area contributed by atoms with Gasteiger partial charge in [0.1, 0.15) is 0 Å². The standard InChI is InChI=1S/C15H18N4OS.2CH2O2/c20-15(12-1-2-21-10-12)19-8-13-6-18(7-14(13)9-19)5-11-3-16-17-4-11;2*2-1-3/h1-4,10,13-14H,5-9H2,(H,16,17);2*1H,(H,2,3). The van der Waals surface area contributed by atoms with Crippen molar-refractivity contribution >= 4 is 30.2 Å². The first kappa shape index (κ1) is 20.6. The van der Waals surface area contributed by atoms with E-state index in [0.717, 1.165) is 38.3 Å². The molecule has 2 saturated heterocycles. The van der Waals surface area contributed by atoms with E-state index in [9.17, 15) is 4.79 Å². The normalized spacial score (nSPS) is 20.7. The fourth-order valence-corrected chi connectivity index (χ4v) is 4.21. The molecule has 0 saturated carbocycles. The molecule has 2 aromatic heterocycles. The average Bonchev–Trinajstić information content (AvgIpc) is 3.41. The number of aromatic nitrogens is 2. The summed E-state index contributed by atoms with van der Waals surface area (Å²) in [5.41, 5.74) is 2.08. The number of carbonyl (C=O) groups excluding carboxylic acids is 1. The number of carboxylic acid groups (broad SMARTS) is 2. The van der Waals surface area contributed by atoms with Gasteiger partial charge in [0.05, 0.1) is 11.8 Å². The van der Waals surface area contributed by atoms with Gasteiger partial charge >= 0.3 is 0 Å². The van der Waals surface area contributed by atoms with Crippen LogP contribution in [-0.4, -0.2) is 75.2 Å². The highest BCUT2D eigenvalue weighted by atomic mass is 32.1. The molecule has 2 unspecified atom stereocenters. The molecule has 146 valence electrons. The van der Waals surface area contributed by atoms with Gasteiger partial charge in [0.25, 0.3) is 18.9 Å². The minimum absolute atomic E-state index is 0.201. The number of H-pyrrole nitrogens is 1. The predicted molar refractivity (Wildman–Crippen MR) is 98.5 cm³/mol. The van der Waals surface area contributed by atoms with Crippen molar-refractivity contribution in [2.75, 3.05) is 26.2 Å². The van der Waals surface area contributed by atoms with E-state index in [1.54, 1.807) is 11.3 Å². The largest absolute Gasteiger partial charge is 0.483 e. The van der Waals surface area contributed by atoms with Gasteiger partial charge < -0.3 is 15.1 Å². The molecule has 2 aliphatic rings. The Labute approximate surface area is 160 Å². The maximum absolute atomic E-state index is 12.4. The Morgan fingerprint density at radius 1 is 1.22 bits per heavy atom. The summed E-state index contributed by atoms with van der Waals surface area (Å²) in [4.78, 5) is 33.6. The van der Waals surface area contributed by atoms with Crippen LogP contribution in [0.2, 0.25) is 0 Å². The van der Waals surface area contributed by atoms with Gasteiger partial charge in [-0.1, -0.05) is 0 Å². The van der Waals surface area contributed by atoms with Gasteiger partial charge in [0.15, 0.2) is 0 Å². The second kappa shape index (κ2) is 10.4. The zero-order chi connectivity index (χ0) is 19.6. The number of amides is 1. The zero-order valence-electron chi connectivity index (χ0n) is 14.6. The summed E-state index contributed by atoms with van der Waals surface area (Å²) >= 11 is 1.59. The van der Waals surface area contributed by atoms with E-state index in [-0.39, 0.29) is 18.9 Å². The number of aromatic amines is 1. The fourth-order valence-electron chi connectivity index (χ4n) is 3.58. The topological polar surface area (TPSA) is 127 Å². The predicted octanol–water partition coefficient (Wildman–Crippen LogP) is 1.08. The Hall–Kier alpha value is -2.72. The van der Waals surface area contributed by atoms with Crippen LogP contribution in [0.3, 0.4) is 0 Å². The van der Waals surface area contributed by atoms with Gasteiger partial charge in [-0.25, -0.2) is 0 Å². The molecule has 0 aliphatic carbocycles. The van der Waals surface area contributed by atoms with Gasteiger partial charge in [-0.2, -0.15) is 16.4 Å². The summed E-state index contributed by atoms with van der Waals surface area (Å²) in [5.74, 6) is 1.45. The van der Waals surface area contributed by atoms with E-state index >= 15 is 0 Å². The van der Waals surface area contributed by atoms with Crippen LogP contribution in [0.1, 0.15) is 15.9 Å². The maximum Gasteiger partial charge on any atom is 0.290 e. The third-order valence-electron chi connectivity index (χ3n) is 4.58. The second-order valence-corrected chi connectivity index (χ2v) is 7.03. The summed E-state index contributed by atoms with van der Waals surface area (Å²) in [5, 5.41) is 24.6. The quantitative estimate of drug-likeness (QED) is 0.665. The number of carbonyl (C=O) groups is 3. The number of likely N-dealkylation sites (tertiary alicyclic amines) is 2. The van der Waals surface area contributed by atoms with Gasteiger partial charge in [-0.15, -0.1) is 0 Å². The third kappa shape index (κ3) is 5.63. The number of fused-ring (bicyclic) bond motifs is 1. The zero-order valence-corrected chi connectivity index (χ0v) is 15.4. The molecule has 0 bridgehead atoms. The molecule has 2 aromatic rings. The van der Waals surface area contributed by atoms with E-state index < -0.39 is 0 Å². The van der Waals surface area contributed by atoms with Crippen LogP contribution >= 0.6 is 11.3 Å². The molecule has 9 nitrogen and oxygen atoms in total. The molecular weight excluding hydrogens is 372 g/mol. The number of hydrogen-bond donors (Lipinski definition) is 3. The van der Waals surface area contributed by atoms with Crippen LogP contribution in [0.4, 0.5) is 0 Å². The van der Waals surface area contributed by atoms with Gasteiger partial charge in [0.2, 0.25) is 0 Å². The average molecular weight is 394 g/mol. The summed E-state index contributed by atoms with van der Waals surface area (Å²) < 4.78 is 0. The van der Waals surface area contributed by atoms with Crippen molar-refractivity contribution in [1.29, 1.82) is 0 Å². The monoisotopic (exact) mass is 394 g/mol. The Kier molecular flexibility index (Phi) is 7.96. The van der Waals surface area contributed by atoms with Crippen LogP contribution in [-0.2, 0) is 16.1 Å². The van der Waals surface area contributed by atoms with Crippen LogP contribution in [0.15, 0.2) is 29.2 Å². The fraction of sp³-hybridized carbons (Fsp3) is 0.412. The van der Waals surface area contributed by atoms with Crippen LogP contribution in [0.25, 0.3) is 0 Å². The molecule has 1 amide bonds. The molecule has 0 spiro atoms. The van der Waals surface area contributed by atoms with Crippen LogP contribution < -0.4 is 0 Å². The second-order valence-electron chi connectivity index (χ2n) is 6.25. The molecular formula is C17H22N4O5S. The molecule has 4 heterocycles. The first-order valence-corrected chi connectivity index (χ1v) is 9.24. The highest BCUT2D eigenvalue weighted by molar-refractivity contribution is 7.08. The third-order valence-corrected chi connectivity index (χ3v) is 5.26. The van der Waals surface area contributed by atoms with E-state index in [2.05, 4.69) is 15.1 Å². The van der Waals surface area contributed by atoms with E-state index in [1.165, 1.54) is 5.56 Å². The maximum atomic E-state index is 12.4. The van der Waals surface area contributed by atoms with Crippen molar-refractivity contribution in [2.45, 2.75) is 6.54 Å². The van der Waals surface area contributed by atoms with Gasteiger partial charge in [0, 0.05) is 49.9 Å². The van der Waals surface area contributed by atoms with Crippen molar-refractivity contribution in [3.63, 3.8) is 0 Å². The van der Waals surface area contributed by atoms with E-state index in [1.807, 2.05) is 34.1 Å². The molecule has 10 heteroatoms. The summed E-state index contributed by atoms with van der Waals surface area (Å²) in [6.45, 7) is 4.44. The highest BCUT2D eigenvalue weighted by Gasteiger charge is 2.41. The number of nitrogens with zero attached hydrogens (tertiary/aromatic N) is 3. The number of rotatable bonds is 3. The molecule has 3 N–H and O–H groups in total. The Bertz CT molecular complexity index is 687. The van der Waals surface area contributed by atoms with Crippen LogP contribution in [0.5, 0.6) is 0 Å². The molecule has 4 rings (SSSR count). The lowest BCUT2D eigenvalue weighted by molar-refractivity contribution is -0.123. The van der Waals surface area contributed by atoms with Crippen molar-refractivity contribution in [3.8, 4) is 0 Å². The molecule has 27 heavy (non-hydrogen) atoms. The first-order chi connectivity index (χ1) is 13.1. The van der Waals surface area contributed by atoms with Crippen molar-refractivity contribution in [1.82, 2.24) is 20.0 Å². The SMILES string of the molecule is O=C(c1ccsc1)N1CC2CN(Cc3cn[nH]c3)CC2C1.O=CO.O=CO. The number of thiophene rings is 1. The van der Waals surface area contributed by atoms with E-state index in [4.69, 9.17) is 19.8 Å². The molecule has 2 aliphatic heterocycles. The number of hydrogen-bond acceptors (Lipinski definition) is 6. The van der Waals surface area contributed by atoms with Crippen molar-refractivity contribution in [3.05, 3.63) is 40.3 Å². The Balaban J connectivity index is 0.000000389. The lowest BCUT2D eigenvalue weighted by Gasteiger charge is -2.21. The lowest BCUT2D eigenvalue weighted by atomic mass is 10.0. The Morgan fingerprint density at radius 2 is 1.85 bits per heavy atom. The summed E-state index contributed by atoms with van der Waals surface area (Å²) in [7, 11) is 0. The lowest BCUT2D eigenvalue weighted by Crippen LogP contribution is -2.32. The van der Waals surface area contributed by atoms with E-state index in [0.29, 0.717) is 11.8 Å². The first-order valence-electron chi connectivity index (χ1n) is 8.30. The molecule has 2 fully saturated rings. The van der Waals surface area contributed by atoms with Gasteiger partial charge in [-0.3, -0.25) is 24.4 Å². The molecule has 2 atom stereocenters. The van der Waals surface area contributed by atoms with Crippen molar-refractivity contribution in [2.24, 2.45) is 11.8 Å². The van der Waals surface area contributed by atoms with Gasteiger partial charge in [-0.05, 0) is 23.3 Å². The summed E-state index contributed by atoms with van der Waals surface area (Å²) in [6, 6.07) is 1.92. The minimum atomic E-state index is -0.250. The van der Waals surface area contributed by atoms with Crippen LogP contribution in [0, 0.1) is 11.8 Å². The minimum Gasteiger partial charge on any atom is -0.483 e. The molecule has 0 radical (unpaired) electrons.